The number of nitrogens with zero attached hydrogens (tertiary/aromatic N) is 1. The molecule has 18 heavy (non-hydrogen) atoms. The van der Waals surface area contributed by atoms with Crippen molar-refractivity contribution < 1.29 is 9.53 Å². The Labute approximate surface area is 108 Å². The highest BCUT2D eigenvalue weighted by Gasteiger charge is 2.33. The summed E-state index contributed by atoms with van der Waals surface area (Å²) in [6.45, 7) is 2.88. The highest BCUT2D eigenvalue weighted by Crippen LogP contribution is 2.32. The molecule has 1 aromatic rings. The maximum absolute atomic E-state index is 12.5. The Balaban J connectivity index is 2.29. The number of nitrogens with two attached hydrogens (primary N) is 1. The maximum atomic E-state index is 12.5. The molecular formula is C14H20N2O2. The van der Waals surface area contributed by atoms with Gasteiger partial charge in [0.25, 0.3) is 5.91 Å². The van der Waals surface area contributed by atoms with E-state index in [1.54, 1.807) is 25.3 Å². The minimum Gasteiger partial charge on any atom is -0.494 e. The van der Waals surface area contributed by atoms with Crippen LogP contribution in [0.2, 0.25) is 0 Å². The number of rotatable bonds is 5. The van der Waals surface area contributed by atoms with E-state index in [1.165, 1.54) is 0 Å². The first-order valence-electron chi connectivity index (χ1n) is 6.42. The van der Waals surface area contributed by atoms with Crippen LogP contribution in [0.1, 0.15) is 36.5 Å². The van der Waals surface area contributed by atoms with Crippen LogP contribution >= 0.6 is 0 Å². The number of hydrogen-bond acceptors (Lipinski definition) is 3. The number of ether oxygens (including phenoxy) is 1. The Morgan fingerprint density at radius 1 is 1.50 bits per heavy atom. The molecule has 1 aliphatic carbocycles. The minimum atomic E-state index is 0.0310. The molecule has 0 spiro atoms. The van der Waals surface area contributed by atoms with Gasteiger partial charge in [-0.05, 0) is 31.4 Å². The first-order valence-corrected chi connectivity index (χ1v) is 6.42. The Bertz CT molecular complexity index is 441. The third kappa shape index (κ3) is 2.42. The van der Waals surface area contributed by atoms with Crippen LogP contribution in [0.25, 0.3) is 0 Å². The van der Waals surface area contributed by atoms with Gasteiger partial charge >= 0.3 is 0 Å². The number of benzene rings is 1. The normalized spacial score (nSPS) is 14.3. The molecule has 1 fully saturated rings. The molecule has 0 saturated heterocycles. The molecular weight excluding hydrogens is 228 g/mol. The lowest BCUT2D eigenvalue weighted by molar-refractivity contribution is 0.0740. The number of hydrogen-bond donors (Lipinski definition) is 1. The van der Waals surface area contributed by atoms with Gasteiger partial charge in [-0.2, -0.15) is 0 Å². The smallest absolute Gasteiger partial charge is 0.257 e. The predicted octanol–water partition coefficient (Wildman–Crippen LogP) is 2.29. The number of amides is 1. The lowest BCUT2D eigenvalue weighted by Crippen LogP contribution is -2.34. The molecule has 0 aromatic heterocycles. The Morgan fingerprint density at radius 2 is 2.22 bits per heavy atom. The topological polar surface area (TPSA) is 55.6 Å². The van der Waals surface area contributed by atoms with E-state index in [1.807, 2.05) is 4.90 Å². The summed E-state index contributed by atoms with van der Waals surface area (Å²) < 4.78 is 5.25. The summed E-state index contributed by atoms with van der Waals surface area (Å²) in [4.78, 5) is 14.5. The van der Waals surface area contributed by atoms with Crippen molar-refractivity contribution in [2.75, 3.05) is 19.4 Å². The summed E-state index contributed by atoms with van der Waals surface area (Å²) in [6, 6.07) is 5.73. The Hall–Kier alpha value is -1.71. The molecule has 98 valence electrons. The Morgan fingerprint density at radius 3 is 2.78 bits per heavy atom. The van der Waals surface area contributed by atoms with Gasteiger partial charge in [-0.1, -0.05) is 13.0 Å². The van der Waals surface area contributed by atoms with E-state index in [2.05, 4.69) is 6.92 Å². The van der Waals surface area contributed by atoms with Crippen LogP contribution in [0.4, 0.5) is 5.69 Å². The summed E-state index contributed by atoms with van der Waals surface area (Å²) in [5.41, 5.74) is 6.92. The molecule has 1 aromatic carbocycles. The van der Waals surface area contributed by atoms with E-state index in [9.17, 15) is 4.79 Å². The van der Waals surface area contributed by atoms with Crippen molar-refractivity contribution in [3.8, 4) is 5.75 Å². The van der Waals surface area contributed by atoms with E-state index >= 15 is 0 Å². The molecule has 2 rings (SSSR count). The number of carbonyl (C=O) groups excluding carboxylic acids is 1. The third-order valence-electron chi connectivity index (χ3n) is 3.19. The molecule has 0 aliphatic heterocycles. The predicted molar refractivity (Wildman–Crippen MR) is 71.8 cm³/mol. The van der Waals surface area contributed by atoms with Gasteiger partial charge in [0.15, 0.2) is 5.75 Å². The SMILES string of the molecule is CCCN(C(=O)c1cccc(N)c1OC)C1CC1. The first kappa shape index (κ1) is 12.7. The molecule has 0 radical (unpaired) electrons. The second-order valence-corrected chi connectivity index (χ2v) is 4.66. The number of para-hydroxylation sites is 1. The highest BCUT2D eigenvalue weighted by atomic mass is 16.5. The van der Waals surface area contributed by atoms with Crippen molar-refractivity contribution >= 4 is 11.6 Å². The van der Waals surface area contributed by atoms with E-state index in [-0.39, 0.29) is 5.91 Å². The second-order valence-electron chi connectivity index (χ2n) is 4.66. The molecule has 1 amide bonds. The number of carbonyl (C=O) groups is 1. The summed E-state index contributed by atoms with van der Waals surface area (Å²) in [6.07, 6.45) is 3.18. The lowest BCUT2D eigenvalue weighted by atomic mass is 10.1. The van der Waals surface area contributed by atoms with E-state index in [0.717, 1.165) is 25.8 Å². The fourth-order valence-corrected chi connectivity index (χ4v) is 2.18. The second kappa shape index (κ2) is 5.29. The molecule has 0 atom stereocenters. The van der Waals surface area contributed by atoms with Crippen LogP contribution in [0.15, 0.2) is 18.2 Å². The van der Waals surface area contributed by atoms with Crippen molar-refractivity contribution in [2.45, 2.75) is 32.2 Å². The Kier molecular flexibility index (Phi) is 3.75. The summed E-state index contributed by atoms with van der Waals surface area (Å²) >= 11 is 0. The first-order chi connectivity index (χ1) is 8.69. The van der Waals surface area contributed by atoms with Crippen LogP contribution in [-0.4, -0.2) is 30.5 Å². The number of anilines is 1. The average Bonchev–Trinajstić information content (AvgIpc) is 3.19. The van der Waals surface area contributed by atoms with Crippen LogP contribution in [0.3, 0.4) is 0 Å². The lowest BCUT2D eigenvalue weighted by Gasteiger charge is -2.23. The number of methoxy groups -OCH3 is 1. The zero-order valence-electron chi connectivity index (χ0n) is 11.0. The van der Waals surface area contributed by atoms with Crippen LogP contribution < -0.4 is 10.5 Å². The fraction of sp³-hybridized carbons (Fsp3) is 0.500. The van der Waals surface area contributed by atoms with Gasteiger partial charge in [0.05, 0.1) is 18.4 Å². The van der Waals surface area contributed by atoms with Crippen molar-refractivity contribution in [1.29, 1.82) is 0 Å². The van der Waals surface area contributed by atoms with Crippen LogP contribution in [0.5, 0.6) is 5.75 Å². The standard InChI is InChI=1S/C14H20N2O2/c1-3-9-16(10-7-8-10)14(17)11-5-4-6-12(15)13(11)18-2/h4-6,10H,3,7-9,15H2,1-2H3. The van der Waals surface area contributed by atoms with Crippen LogP contribution in [0, 0.1) is 0 Å². The third-order valence-corrected chi connectivity index (χ3v) is 3.19. The highest BCUT2D eigenvalue weighted by molar-refractivity contribution is 5.99. The zero-order valence-corrected chi connectivity index (χ0v) is 11.0. The molecule has 0 bridgehead atoms. The molecule has 2 N–H and O–H groups in total. The molecule has 4 heteroatoms. The van der Waals surface area contributed by atoms with Crippen molar-refractivity contribution in [1.82, 2.24) is 4.90 Å². The van der Waals surface area contributed by atoms with Crippen LogP contribution in [-0.2, 0) is 0 Å². The quantitative estimate of drug-likeness (QED) is 0.813. The van der Waals surface area contributed by atoms with E-state index in [0.29, 0.717) is 23.0 Å². The van der Waals surface area contributed by atoms with Gasteiger partial charge < -0.3 is 15.4 Å². The van der Waals surface area contributed by atoms with E-state index < -0.39 is 0 Å². The minimum absolute atomic E-state index is 0.0310. The summed E-state index contributed by atoms with van der Waals surface area (Å²) in [5.74, 6) is 0.521. The molecule has 4 nitrogen and oxygen atoms in total. The van der Waals surface area contributed by atoms with Gasteiger partial charge in [-0.15, -0.1) is 0 Å². The van der Waals surface area contributed by atoms with Gasteiger partial charge in [0, 0.05) is 12.6 Å². The van der Waals surface area contributed by atoms with Gasteiger partial charge in [-0.25, -0.2) is 0 Å². The monoisotopic (exact) mass is 248 g/mol. The fourth-order valence-electron chi connectivity index (χ4n) is 2.18. The molecule has 0 unspecified atom stereocenters. The van der Waals surface area contributed by atoms with Gasteiger partial charge in [-0.3, -0.25) is 4.79 Å². The number of nitrogen functional groups attached to an aromatic ring is 1. The average molecular weight is 248 g/mol. The molecule has 1 saturated carbocycles. The maximum Gasteiger partial charge on any atom is 0.257 e. The molecule has 0 heterocycles. The summed E-state index contributed by atoms with van der Waals surface area (Å²) in [5, 5.41) is 0. The summed E-state index contributed by atoms with van der Waals surface area (Å²) in [7, 11) is 1.55. The largest absolute Gasteiger partial charge is 0.494 e. The molecule has 1 aliphatic rings. The van der Waals surface area contributed by atoms with Crippen molar-refractivity contribution in [3.63, 3.8) is 0 Å². The zero-order chi connectivity index (χ0) is 13.1. The van der Waals surface area contributed by atoms with Crippen molar-refractivity contribution in [3.05, 3.63) is 23.8 Å². The van der Waals surface area contributed by atoms with Gasteiger partial charge in [0.2, 0.25) is 0 Å². The van der Waals surface area contributed by atoms with Crippen molar-refractivity contribution in [2.24, 2.45) is 0 Å². The van der Waals surface area contributed by atoms with Gasteiger partial charge in [0.1, 0.15) is 0 Å². The van der Waals surface area contributed by atoms with E-state index in [4.69, 9.17) is 10.5 Å².